The van der Waals surface area contributed by atoms with Gasteiger partial charge < -0.3 is 15.8 Å². The molecule has 2 rings (SSSR count). The molecule has 0 bridgehead atoms. The van der Waals surface area contributed by atoms with Gasteiger partial charge in [-0.3, -0.25) is 4.79 Å². The van der Waals surface area contributed by atoms with E-state index in [9.17, 15) is 9.18 Å². The van der Waals surface area contributed by atoms with Gasteiger partial charge in [-0.05, 0) is 29.8 Å². The summed E-state index contributed by atoms with van der Waals surface area (Å²) in [7, 11) is 1.47. The average Bonchev–Trinajstić information content (AvgIpc) is 2.49. The first kappa shape index (κ1) is 14.0. The van der Waals surface area contributed by atoms with Crippen LogP contribution in [0.25, 0.3) is 0 Å². The molecule has 20 heavy (non-hydrogen) atoms. The predicted molar refractivity (Wildman–Crippen MR) is 75.2 cm³/mol. The van der Waals surface area contributed by atoms with Gasteiger partial charge in [0.05, 0.1) is 18.4 Å². The molecule has 0 heterocycles. The normalized spacial score (nSPS) is 10.2. The Bertz CT molecular complexity index is 629. The Balaban J connectivity index is 2.23. The number of carbonyl (C=O) groups is 1. The number of nitrogens with two attached hydrogens (primary N) is 1. The molecule has 3 N–H and O–H groups in total. The van der Waals surface area contributed by atoms with Gasteiger partial charge in [0.25, 0.3) is 5.91 Å². The van der Waals surface area contributed by atoms with Crippen LogP contribution in [0.1, 0.15) is 15.9 Å². The number of benzene rings is 2. The first-order valence-corrected chi connectivity index (χ1v) is 6.08. The Morgan fingerprint density at radius 3 is 2.70 bits per heavy atom. The number of nitrogens with one attached hydrogen (secondary N) is 1. The van der Waals surface area contributed by atoms with Crippen molar-refractivity contribution in [3.8, 4) is 5.75 Å². The van der Waals surface area contributed by atoms with E-state index in [1.54, 1.807) is 30.3 Å². The van der Waals surface area contributed by atoms with Crippen LogP contribution in [-0.2, 0) is 6.54 Å². The molecular weight excluding hydrogens is 259 g/mol. The van der Waals surface area contributed by atoms with Crippen LogP contribution in [0.4, 0.5) is 10.1 Å². The number of methoxy groups -OCH3 is 1. The zero-order valence-corrected chi connectivity index (χ0v) is 11.0. The van der Waals surface area contributed by atoms with Gasteiger partial charge in [0.2, 0.25) is 0 Å². The highest BCUT2D eigenvalue weighted by molar-refractivity contribution is 6.06. The summed E-state index contributed by atoms with van der Waals surface area (Å²) >= 11 is 0. The molecular formula is C15H15FN2O2. The number of para-hydroxylation sites is 1. The highest BCUT2D eigenvalue weighted by atomic mass is 19.1. The smallest absolute Gasteiger partial charge is 0.259 e. The quantitative estimate of drug-likeness (QED) is 0.900. The van der Waals surface area contributed by atoms with E-state index >= 15 is 0 Å². The number of carbonyl (C=O) groups excluding carboxylic acids is 1. The Morgan fingerprint density at radius 2 is 2.05 bits per heavy atom. The van der Waals surface area contributed by atoms with Crippen molar-refractivity contribution in [2.75, 3.05) is 12.4 Å². The van der Waals surface area contributed by atoms with Crippen LogP contribution < -0.4 is 15.8 Å². The van der Waals surface area contributed by atoms with Crippen molar-refractivity contribution in [1.82, 2.24) is 0 Å². The summed E-state index contributed by atoms with van der Waals surface area (Å²) in [6, 6.07) is 11.2. The summed E-state index contributed by atoms with van der Waals surface area (Å²) in [5.41, 5.74) is 6.55. The molecule has 0 spiro atoms. The maximum absolute atomic E-state index is 13.8. The lowest BCUT2D eigenvalue weighted by atomic mass is 10.1. The van der Waals surface area contributed by atoms with Crippen molar-refractivity contribution in [2.24, 2.45) is 5.73 Å². The van der Waals surface area contributed by atoms with Crippen LogP contribution in [0, 0.1) is 5.82 Å². The molecule has 0 atom stereocenters. The summed E-state index contributed by atoms with van der Waals surface area (Å²) in [5, 5.41) is 2.52. The van der Waals surface area contributed by atoms with Gasteiger partial charge in [-0.2, -0.15) is 0 Å². The van der Waals surface area contributed by atoms with Crippen LogP contribution in [0.3, 0.4) is 0 Å². The maximum Gasteiger partial charge on any atom is 0.259 e. The van der Waals surface area contributed by atoms with Crippen LogP contribution >= 0.6 is 0 Å². The fraction of sp³-hybridized carbons (Fsp3) is 0.133. The summed E-state index contributed by atoms with van der Waals surface area (Å²) in [4.78, 5) is 12.1. The third kappa shape index (κ3) is 2.95. The Hall–Kier alpha value is -2.40. The maximum atomic E-state index is 13.8. The van der Waals surface area contributed by atoms with E-state index in [0.29, 0.717) is 16.9 Å². The van der Waals surface area contributed by atoms with Crippen molar-refractivity contribution < 1.29 is 13.9 Å². The van der Waals surface area contributed by atoms with Gasteiger partial charge in [-0.1, -0.05) is 18.2 Å². The topological polar surface area (TPSA) is 64.3 Å². The Labute approximate surface area is 116 Å². The standard InChI is InChI=1S/C15H15FN2O2/c1-20-14-5-3-2-4-11(14)15(19)18-13-7-6-10(9-17)8-12(13)16/h2-8H,9,17H2,1H3,(H,18,19). The van der Waals surface area contributed by atoms with E-state index in [-0.39, 0.29) is 12.2 Å². The summed E-state index contributed by atoms with van der Waals surface area (Å²) in [5.74, 6) is -0.512. The number of hydrogen-bond acceptors (Lipinski definition) is 3. The van der Waals surface area contributed by atoms with E-state index in [2.05, 4.69) is 5.32 Å². The number of anilines is 1. The number of hydrogen-bond donors (Lipinski definition) is 2. The highest BCUT2D eigenvalue weighted by Gasteiger charge is 2.13. The Kier molecular flexibility index (Phi) is 4.32. The lowest BCUT2D eigenvalue weighted by Crippen LogP contribution is -2.14. The molecule has 0 unspecified atom stereocenters. The van der Waals surface area contributed by atoms with Crippen molar-refractivity contribution >= 4 is 11.6 Å². The minimum absolute atomic E-state index is 0.109. The zero-order valence-electron chi connectivity index (χ0n) is 11.0. The Morgan fingerprint density at radius 1 is 1.30 bits per heavy atom. The van der Waals surface area contributed by atoms with Gasteiger partial charge in [0.1, 0.15) is 11.6 Å². The number of halogens is 1. The minimum Gasteiger partial charge on any atom is -0.496 e. The number of ether oxygens (including phenoxy) is 1. The lowest BCUT2D eigenvalue weighted by molar-refractivity contribution is 0.102. The molecule has 0 saturated heterocycles. The van der Waals surface area contributed by atoms with Gasteiger partial charge in [-0.15, -0.1) is 0 Å². The molecule has 0 aliphatic carbocycles. The molecule has 5 heteroatoms. The molecule has 0 aliphatic rings. The van der Waals surface area contributed by atoms with E-state index < -0.39 is 11.7 Å². The van der Waals surface area contributed by atoms with Crippen LogP contribution in [-0.4, -0.2) is 13.0 Å². The van der Waals surface area contributed by atoms with E-state index in [1.165, 1.54) is 19.2 Å². The molecule has 0 fully saturated rings. The largest absolute Gasteiger partial charge is 0.496 e. The van der Waals surface area contributed by atoms with Crippen molar-refractivity contribution in [2.45, 2.75) is 6.54 Å². The molecule has 0 aromatic heterocycles. The molecule has 0 saturated carbocycles. The average molecular weight is 274 g/mol. The molecule has 0 aliphatic heterocycles. The molecule has 4 nitrogen and oxygen atoms in total. The molecule has 2 aromatic carbocycles. The van der Waals surface area contributed by atoms with E-state index in [0.717, 1.165) is 0 Å². The van der Waals surface area contributed by atoms with Crippen LogP contribution in [0.15, 0.2) is 42.5 Å². The van der Waals surface area contributed by atoms with Gasteiger partial charge in [0.15, 0.2) is 0 Å². The van der Waals surface area contributed by atoms with Crippen LogP contribution in [0.5, 0.6) is 5.75 Å². The second kappa shape index (κ2) is 6.16. The van der Waals surface area contributed by atoms with Gasteiger partial charge >= 0.3 is 0 Å². The summed E-state index contributed by atoms with van der Waals surface area (Å²) in [6.45, 7) is 0.248. The third-order valence-electron chi connectivity index (χ3n) is 2.87. The summed E-state index contributed by atoms with van der Waals surface area (Å²) < 4.78 is 18.9. The monoisotopic (exact) mass is 274 g/mol. The van der Waals surface area contributed by atoms with Crippen LogP contribution in [0.2, 0.25) is 0 Å². The first-order chi connectivity index (χ1) is 9.65. The SMILES string of the molecule is COc1ccccc1C(=O)Nc1ccc(CN)cc1F. The van der Waals surface area contributed by atoms with E-state index in [4.69, 9.17) is 10.5 Å². The second-order valence-electron chi connectivity index (χ2n) is 4.17. The number of amides is 1. The summed E-state index contributed by atoms with van der Waals surface area (Å²) in [6.07, 6.45) is 0. The molecule has 104 valence electrons. The van der Waals surface area contributed by atoms with Gasteiger partial charge in [0, 0.05) is 6.54 Å². The second-order valence-corrected chi connectivity index (χ2v) is 4.17. The zero-order chi connectivity index (χ0) is 14.5. The van der Waals surface area contributed by atoms with Crippen molar-refractivity contribution in [3.63, 3.8) is 0 Å². The fourth-order valence-electron chi connectivity index (χ4n) is 1.81. The predicted octanol–water partition coefficient (Wildman–Crippen LogP) is 2.55. The number of rotatable bonds is 4. The van der Waals surface area contributed by atoms with Gasteiger partial charge in [-0.25, -0.2) is 4.39 Å². The van der Waals surface area contributed by atoms with Crippen molar-refractivity contribution in [3.05, 3.63) is 59.4 Å². The third-order valence-corrected chi connectivity index (χ3v) is 2.87. The van der Waals surface area contributed by atoms with E-state index in [1.807, 2.05) is 0 Å². The minimum atomic E-state index is -0.517. The fourth-order valence-corrected chi connectivity index (χ4v) is 1.81. The first-order valence-electron chi connectivity index (χ1n) is 6.08. The lowest BCUT2D eigenvalue weighted by Gasteiger charge is -2.10. The molecule has 2 aromatic rings. The van der Waals surface area contributed by atoms with Crippen molar-refractivity contribution in [1.29, 1.82) is 0 Å². The molecule has 0 radical (unpaired) electrons. The molecule has 1 amide bonds. The highest BCUT2D eigenvalue weighted by Crippen LogP contribution is 2.21.